The summed E-state index contributed by atoms with van der Waals surface area (Å²) in [4.78, 5) is 26.7. The quantitative estimate of drug-likeness (QED) is 0.293. The van der Waals surface area contributed by atoms with E-state index in [-0.39, 0.29) is 52.3 Å². The third kappa shape index (κ3) is 6.57. The van der Waals surface area contributed by atoms with E-state index in [1.165, 1.54) is 24.3 Å². The van der Waals surface area contributed by atoms with Gasteiger partial charge in [-0.2, -0.15) is 0 Å². The molecule has 1 saturated heterocycles. The first kappa shape index (κ1) is 26.9. The number of hydroxylamine groups is 3. The van der Waals surface area contributed by atoms with Gasteiger partial charge in [0, 0.05) is 15.7 Å². The molecule has 8 nitrogen and oxygen atoms in total. The third-order valence-electron chi connectivity index (χ3n) is 5.58. The molecule has 0 unspecified atom stereocenters. The van der Waals surface area contributed by atoms with Crippen molar-refractivity contribution in [2.24, 2.45) is 0 Å². The van der Waals surface area contributed by atoms with Gasteiger partial charge in [-0.05, 0) is 48.5 Å². The lowest BCUT2D eigenvalue weighted by Gasteiger charge is -2.44. The first-order chi connectivity index (χ1) is 16.9. The van der Waals surface area contributed by atoms with Gasteiger partial charge in [-0.3, -0.25) is 9.59 Å². The molecule has 0 atom stereocenters. The van der Waals surface area contributed by atoms with E-state index in [2.05, 4.69) is 10.6 Å². The lowest BCUT2D eigenvalue weighted by Crippen LogP contribution is -2.51. The second kappa shape index (κ2) is 10.7. The van der Waals surface area contributed by atoms with Gasteiger partial charge in [0.05, 0.1) is 45.7 Å². The summed E-state index contributed by atoms with van der Waals surface area (Å²) in [6.07, 6.45) is 0. The van der Waals surface area contributed by atoms with Gasteiger partial charge < -0.3 is 20.5 Å². The molecule has 1 fully saturated rings. The fourth-order valence-corrected chi connectivity index (χ4v) is 6.80. The van der Waals surface area contributed by atoms with E-state index in [1.807, 2.05) is 0 Å². The first-order valence-electron chi connectivity index (χ1n) is 10.7. The zero-order valence-electron chi connectivity index (χ0n) is 18.6. The highest BCUT2D eigenvalue weighted by Crippen LogP contribution is 2.32. The number of nitrogens with one attached hydrogen (secondary N) is 2. The first-order valence-corrected chi connectivity index (χ1v) is 14.4. The summed E-state index contributed by atoms with van der Waals surface area (Å²) in [5, 5.41) is 19.4. The Morgan fingerprint density at radius 1 is 0.917 bits per heavy atom. The van der Waals surface area contributed by atoms with Crippen LogP contribution in [0.4, 0.5) is 11.4 Å². The maximum Gasteiger partial charge on any atom is 0.267 e. The Labute approximate surface area is 226 Å². The highest BCUT2D eigenvalue weighted by Gasteiger charge is 2.31. The largest absolute Gasteiger partial charge is 0.632 e. The third-order valence-corrected chi connectivity index (χ3v) is 9.21. The van der Waals surface area contributed by atoms with Crippen LogP contribution in [0.1, 0.15) is 24.9 Å². The molecule has 36 heavy (non-hydrogen) atoms. The minimum atomic E-state index is -3.18. The molecule has 0 saturated carbocycles. The van der Waals surface area contributed by atoms with Crippen LogP contribution in [0, 0.1) is 5.21 Å². The lowest BCUT2D eigenvalue weighted by molar-refractivity contribution is -0.890. The van der Waals surface area contributed by atoms with E-state index in [4.69, 9.17) is 34.8 Å². The molecule has 4 rings (SSSR count). The van der Waals surface area contributed by atoms with Crippen molar-refractivity contribution >= 4 is 79.2 Å². The second-order valence-corrected chi connectivity index (χ2v) is 13.0. The minimum Gasteiger partial charge on any atom is -0.632 e. The maximum atomic E-state index is 13.0. The number of hydrogen-bond donors (Lipinski definition) is 2. The highest BCUT2D eigenvalue weighted by atomic mass is 35.5. The number of benzene rings is 2. The van der Waals surface area contributed by atoms with Crippen molar-refractivity contribution in [3.05, 3.63) is 84.1 Å². The summed E-state index contributed by atoms with van der Waals surface area (Å²) in [6, 6.07) is 12.5. The van der Waals surface area contributed by atoms with Crippen molar-refractivity contribution < 1.29 is 22.7 Å². The molecule has 1 aliphatic heterocycles. The molecule has 0 bridgehead atoms. The summed E-state index contributed by atoms with van der Waals surface area (Å²) in [6.45, 7) is -0.0740. The van der Waals surface area contributed by atoms with E-state index in [9.17, 15) is 23.2 Å². The van der Waals surface area contributed by atoms with Crippen molar-refractivity contribution in [2.75, 3.05) is 35.2 Å². The molecule has 0 aliphatic carbocycles. The van der Waals surface area contributed by atoms with Gasteiger partial charge in [0.1, 0.15) is 11.4 Å². The highest BCUT2D eigenvalue weighted by molar-refractivity contribution is 7.91. The zero-order chi connectivity index (χ0) is 26.1. The average Bonchev–Trinajstić information content (AvgIpc) is 3.18. The molecule has 3 aromatic rings. The maximum absolute atomic E-state index is 13.0. The van der Waals surface area contributed by atoms with Gasteiger partial charge in [0.15, 0.2) is 9.84 Å². The van der Waals surface area contributed by atoms with Crippen molar-refractivity contribution in [3.8, 4) is 0 Å². The van der Waals surface area contributed by atoms with Crippen LogP contribution in [0.3, 0.4) is 0 Å². The van der Waals surface area contributed by atoms with Crippen molar-refractivity contribution in [3.63, 3.8) is 0 Å². The number of sulfone groups is 1. The number of halogens is 3. The number of amides is 2. The van der Waals surface area contributed by atoms with Crippen LogP contribution in [-0.2, 0) is 16.4 Å². The molecule has 2 heterocycles. The predicted octanol–water partition coefficient (Wildman–Crippen LogP) is 5.46. The van der Waals surface area contributed by atoms with Crippen molar-refractivity contribution in [1.29, 1.82) is 0 Å². The molecule has 2 N–H and O–H groups in total. The van der Waals surface area contributed by atoms with Crippen LogP contribution in [-0.4, -0.2) is 49.5 Å². The monoisotopic (exact) mass is 587 g/mol. The summed E-state index contributed by atoms with van der Waals surface area (Å²) in [7, 11) is -3.18. The Morgan fingerprint density at radius 2 is 1.56 bits per heavy atom. The zero-order valence-corrected chi connectivity index (χ0v) is 22.5. The summed E-state index contributed by atoms with van der Waals surface area (Å²) in [5.41, 5.74) is 0.862. The Bertz CT molecular complexity index is 1410. The van der Waals surface area contributed by atoms with Crippen LogP contribution in [0.5, 0.6) is 0 Å². The Morgan fingerprint density at radius 3 is 2.22 bits per heavy atom. The van der Waals surface area contributed by atoms with Gasteiger partial charge in [-0.1, -0.05) is 34.8 Å². The molecule has 2 amide bonds. The number of hydrogen-bond acceptors (Lipinski definition) is 6. The smallest absolute Gasteiger partial charge is 0.267 e. The Kier molecular flexibility index (Phi) is 7.96. The predicted molar refractivity (Wildman–Crippen MR) is 144 cm³/mol. The van der Waals surface area contributed by atoms with E-state index in [1.54, 1.807) is 24.3 Å². The molecule has 1 aromatic heterocycles. The standard InChI is InChI=1S/C23H20Cl3N3O5S2/c24-14-1-4-16(5-2-14)27-22(30)18-11-15(25)3-6-20(18)28-23(31)21-19(26)12-17(35-21)13-29(32)7-9-36(33,34)10-8-29/h1-6,11-12H,7-10,13H2,(H,27,30)(H,28,31). The van der Waals surface area contributed by atoms with Gasteiger partial charge in [0.2, 0.25) is 0 Å². The molecule has 1 aliphatic rings. The van der Waals surface area contributed by atoms with Crippen LogP contribution in [0.25, 0.3) is 0 Å². The molecule has 190 valence electrons. The van der Waals surface area contributed by atoms with Gasteiger partial charge >= 0.3 is 0 Å². The molecule has 13 heteroatoms. The SMILES string of the molecule is O=C(Nc1ccc(Cl)cc1)c1cc(Cl)ccc1NC(=O)c1sc(C[N+]2([O-])CCS(=O)(=O)CC2)cc1Cl. The molecular weight excluding hydrogens is 569 g/mol. The summed E-state index contributed by atoms with van der Waals surface area (Å²) < 4.78 is 22.6. The molecule has 2 aromatic carbocycles. The fraction of sp³-hybridized carbons (Fsp3) is 0.217. The number of quaternary nitrogens is 1. The van der Waals surface area contributed by atoms with Crippen LogP contribution in [0.15, 0.2) is 48.5 Å². The van der Waals surface area contributed by atoms with E-state index >= 15 is 0 Å². The average molecular weight is 589 g/mol. The Hall–Kier alpha value is -2.18. The van der Waals surface area contributed by atoms with Gasteiger partial charge in [-0.25, -0.2) is 8.42 Å². The molecule has 0 radical (unpaired) electrons. The number of carbonyl (C=O) groups is 2. The molecular formula is C23H20Cl3N3O5S2. The molecule has 0 spiro atoms. The van der Waals surface area contributed by atoms with Crippen LogP contribution >= 0.6 is 46.1 Å². The van der Waals surface area contributed by atoms with Gasteiger partial charge in [-0.15, -0.1) is 11.3 Å². The van der Waals surface area contributed by atoms with Gasteiger partial charge in [0.25, 0.3) is 11.8 Å². The van der Waals surface area contributed by atoms with Crippen LogP contribution < -0.4 is 10.6 Å². The Balaban J connectivity index is 1.50. The van der Waals surface area contributed by atoms with Crippen LogP contribution in [0.2, 0.25) is 15.1 Å². The number of rotatable bonds is 6. The summed E-state index contributed by atoms with van der Waals surface area (Å²) >= 11 is 19.3. The normalized spacial score (nSPS) is 16.3. The lowest BCUT2D eigenvalue weighted by atomic mass is 10.1. The van der Waals surface area contributed by atoms with Crippen molar-refractivity contribution in [1.82, 2.24) is 0 Å². The number of anilines is 2. The topological polar surface area (TPSA) is 115 Å². The number of thiophene rings is 1. The number of nitrogens with zero attached hydrogens (tertiary/aromatic N) is 1. The fourth-order valence-electron chi connectivity index (χ4n) is 3.64. The number of carbonyl (C=O) groups excluding carboxylic acids is 2. The summed E-state index contributed by atoms with van der Waals surface area (Å²) in [5.74, 6) is -1.38. The van der Waals surface area contributed by atoms with E-state index in [0.717, 1.165) is 11.3 Å². The second-order valence-electron chi connectivity index (χ2n) is 8.31. The van der Waals surface area contributed by atoms with Crippen molar-refractivity contribution in [2.45, 2.75) is 6.54 Å². The minimum absolute atomic E-state index is 0.0167. The van der Waals surface area contributed by atoms with E-state index in [0.29, 0.717) is 20.6 Å². The van der Waals surface area contributed by atoms with E-state index < -0.39 is 26.3 Å².